The molecule has 0 saturated carbocycles. The molecule has 6 nitrogen and oxygen atoms in total. The van der Waals surface area contributed by atoms with E-state index in [-0.39, 0.29) is 18.0 Å². The Morgan fingerprint density at radius 3 is 2.45 bits per heavy atom. The first kappa shape index (κ1) is 20.9. The van der Waals surface area contributed by atoms with Gasteiger partial charge in [0.05, 0.1) is 0 Å². The van der Waals surface area contributed by atoms with E-state index in [4.69, 9.17) is 5.73 Å². The van der Waals surface area contributed by atoms with Crippen molar-refractivity contribution in [3.05, 3.63) is 65.7 Å². The number of anilines is 1. The summed E-state index contributed by atoms with van der Waals surface area (Å²) in [4.78, 5) is 28.5. The molecule has 2 atom stereocenters. The molecule has 0 bridgehead atoms. The number of para-hydroxylation sites is 1. The molecule has 2 amide bonds. The van der Waals surface area contributed by atoms with Crippen molar-refractivity contribution >= 4 is 17.5 Å². The molecule has 1 unspecified atom stereocenters. The average molecular weight is 395 g/mol. The van der Waals surface area contributed by atoms with Gasteiger partial charge in [-0.2, -0.15) is 0 Å². The molecule has 2 aromatic rings. The number of nitrogens with one attached hydrogen (secondary N) is 1. The van der Waals surface area contributed by atoms with Crippen LogP contribution >= 0.6 is 0 Å². The van der Waals surface area contributed by atoms with Gasteiger partial charge < -0.3 is 20.9 Å². The van der Waals surface area contributed by atoms with Gasteiger partial charge in [0, 0.05) is 30.4 Å². The van der Waals surface area contributed by atoms with Gasteiger partial charge in [0.15, 0.2) is 0 Å². The second-order valence-corrected chi connectivity index (χ2v) is 7.81. The standard InChI is InChI=1S/C23H30N4O2/c1-26(2)20(15-17-10-12-18(13-11-17)22(24)28)16-25-23(29)21-9-6-14-27(21)19-7-4-3-5-8-19/h3-5,7-8,10-13,20-21H,6,9,14-16H2,1-2H3,(H2,24,28)(H,25,29)/t20?,21-/m0/s1. The Labute approximate surface area is 172 Å². The lowest BCUT2D eigenvalue weighted by molar-refractivity contribution is -0.122. The molecule has 0 aromatic heterocycles. The van der Waals surface area contributed by atoms with Crippen LogP contribution in [0.3, 0.4) is 0 Å². The summed E-state index contributed by atoms with van der Waals surface area (Å²) >= 11 is 0. The first-order valence-electron chi connectivity index (χ1n) is 10.1. The van der Waals surface area contributed by atoms with Gasteiger partial charge in [0.2, 0.25) is 11.8 Å². The molecular weight excluding hydrogens is 364 g/mol. The monoisotopic (exact) mass is 394 g/mol. The largest absolute Gasteiger partial charge is 0.366 e. The first-order valence-corrected chi connectivity index (χ1v) is 10.1. The van der Waals surface area contributed by atoms with Crippen LogP contribution in [-0.2, 0) is 11.2 Å². The molecule has 1 fully saturated rings. The lowest BCUT2D eigenvalue weighted by atomic mass is 10.0. The number of primary amides is 1. The summed E-state index contributed by atoms with van der Waals surface area (Å²) in [5.41, 5.74) is 8.02. The van der Waals surface area contributed by atoms with Gasteiger partial charge in [-0.25, -0.2) is 0 Å². The van der Waals surface area contributed by atoms with Crippen LogP contribution in [0.15, 0.2) is 54.6 Å². The zero-order chi connectivity index (χ0) is 20.8. The van der Waals surface area contributed by atoms with E-state index < -0.39 is 5.91 Å². The highest BCUT2D eigenvalue weighted by atomic mass is 16.2. The summed E-state index contributed by atoms with van der Waals surface area (Å²) in [7, 11) is 4.03. The van der Waals surface area contributed by atoms with Crippen molar-refractivity contribution in [1.29, 1.82) is 0 Å². The quantitative estimate of drug-likeness (QED) is 0.718. The molecule has 1 heterocycles. The van der Waals surface area contributed by atoms with E-state index >= 15 is 0 Å². The minimum absolute atomic E-state index is 0.0854. The van der Waals surface area contributed by atoms with Crippen molar-refractivity contribution in [2.75, 3.05) is 32.1 Å². The fourth-order valence-corrected chi connectivity index (χ4v) is 3.82. The Morgan fingerprint density at radius 1 is 1.14 bits per heavy atom. The van der Waals surface area contributed by atoms with Crippen molar-refractivity contribution in [2.24, 2.45) is 5.73 Å². The minimum atomic E-state index is -0.424. The molecule has 154 valence electrons. The van der Waals surface area contributed by atoms with E-state index in [0.717, 1.165) is 37.1 Å². The SMILES string of the molecule is CN(C)C(CNC(=O)[C@@H]1CCCN1c1ccccc1)Cc1ccc(C(N)=O)cc1. The number of amides is 2. The number of hydrogen-bond acceptors (Lipinski definition) is 4. The Bertz CT molecular complexity index is 821. The number of carbonyl (C=O) groups excluding carboxylic acids is 2. The topological polar surface area (TPSA) is 78.7 Å². The van der Waals surface area contributed by atoms with Crippen LogP contribution in [0.5, 0.6) is 0 Å². The van der Waals surface area contributed by atoms with Gasteiger partial charge >= 0.3 is 0 Å². The van der Waals surface area contributed by atoms with E-state index in [9.17, 15) is 9.59 Å². The number of nitrogens with zero attached hydrogens (tertiary/aromatic N) is 2. The summed E-state index contributed by atoms with van der Waals surface area (Å²) in [6.45, 7) is 1.48. The highest BCUT2D eigenvalue weighted by Crippen LogP contribution is 2.25. The average Bonchev–Trinajstić information content (AvgIpc) is 3.21. The molecule has 3 N–H and O–H groups in total. The predicted molar refractivity (Wildman–Crippen MR) is 116 cm³/mol. The molecule has 1 aliphatic heterocycles. The van der Waals surface area contributed by atoms with Crippen molar-refractivity contribution in [1.82, 2.24) is 10.2 Å². The van der Waals surface area contributed by atoms with Gasteiger partial charge in [-0.3, -0.25) is 9.59 Å². The number of carbonyl (C=O) groups is 2. The van der Waals surface area contributed by atoms with Gasteiger partial charge in [-0.1, -0.05) is 30.3 Å². The summed E-state index contributed by atoms with van der Waals surface area (Å²) in [5, 5.41) is 3.16. The second-order valence-electron chi connectivity index (χ2n) is 7.81. The smallest absolute Gasteiger partial charge is 0.248 e. The Morgan fingerprint density at radius 2 is 1.83 bits per heavy atom. The number of likely N-dealkylation sites (N-methyl/N-ethyl adjacent to an activating group) is 1. The van der Waals surface area contributed by atoms with Crippen LogP contribution in [0.25, 0.3) is 0 Å². The third kappa shape index (κ3) is 5.35. The first-order chi connectivity index (χ1) is 14.0. The summed E-state index contributed by atoms with van der Waals surface area (Å²) in [5.74, 6) is -0.338. The van der Waals surface area contributed by atoms with Crippen LogP contribution in [-0.4, -0.2) is 56.0 Å². The van der Waals surface area contributed by atoms with Gasteiger partial charge in [0.25, 0.3) is 0 Å². The van der Waals surface area contributed by atoms with E-state index in [0.29, 0.717) is 12.1 Å². The second kappa shape index (κ2) is 9.56. The number of nitrogens with two attached hydrogens (primary N) is 1. The summed E-state index contributed by atoms with van der Waals surface area (Å²) < 4.78 is 0. The van der Waals surface area contributed by atoms with Crippen molar-refractivity contribution in [2.45, 2.75) is 31.3 Å². The molecule has 3 rings (SSSR count). The number of hydrogen-bond donors (Lipinski definition) is 2. The molecule has 1 aliphatic rings. The molecule has 0 spiro atoms. The normalized spacial score (nSPS) is 17.3. The van der Waals surface area contributed by atoms with Gasteiger partial charge in [-0.05, 0) is 63.2 Å². The highest BCUT2D eigenvalue weighted by molar-refractivity contribution is 5.92. The van der Waals surface area contributed by atoms with Crippen LogP contribution in [0.1, 0.15) is 28.8 Å². The van der Waals surface area contributed by atoms with Crippen molar-refractivity contribution < 1.29 is 9.59 Å². The Kier molecular flexibility index (Phi) is 6.88. The lowest BCUT2D eigenvalue weighted by Crippen LogP contribution is -2.48. The maximum absolute atomic E-state index is 12.9. The highest BCUT2D eigenvalue weighted by Gasteiger charge is 2.31. The molecular formula is C23H30N4O2. The molecule has 0 aliphatic carbocycles. The van der Waals surface area contributed by atoms with E-state index in [1.807, 2.05) is 44.4 Å². The fraction of sp³-hybridized carbons (Fsp3) is 0.391. The zero-order valence-electron chi connectivity index (χ0n) is 17.2. The fourth-order valence-electron chi connectivity index (χ4n) is 3.82. The van der Waals surface area contributed by atoms with Crippen molar-refractivity contribution in [3.8, 4) is 0 Å². The third-order valence-corrected chi connectivity index (χ3v) is 5.60. The van der Waals surface area contributed by atoms with Crippen LogP contribution < -0.4 is 16.0 Å². The summed E-state index contributed by atoms with van der Waals surface area (Å²) in [6, 6.07) is 17.5. The van der Waals surface area contributed by atoms with E-state index in [2.05, 4.69) is 27.2 Å². The van der Waals surface area contributed by atoms with E-state index in [1.165, 1.54) is 0 Å². The zero-order valence-corrected chi connectivity index (χ0v) is 17.2. The molecule has 2 aromatic carbocycles. The molecule has 0 radical (unpaired) electrons. The maximum atomic E-state index is 12.9. The molecule has 1 saturated heterocycles. The van der Waals surface area contributed by atoms with Gasteiger partial charge in [-0.15, -0.1) is 0 Å². The third-order valence-electron chi connectivity index (χ3n) is 5.60. The molecule has 29 heavy (non-hydrogen) atoms. The predicted octanol–water partition coefficient (Wildman–Crippen LogP) is 2.04. The maximum Gasteiger partial charge on any atom is 0.248 e. The van der Waals surface area contributed by atoms with Crippen LogP contribution in [0.2, 0.25) is 0 Å². The molecule has 6 heteroatoms. The Hall–Kier alpha value is -2.86. The minimum Gasteiger partial charge on any atom is -0.366 e. The van der Waals surface area contributed by atoms with Gasteiger partial charge in [0.1, 0.15) is 6.04 Å². The van der Waals surface area contributed by atoms with Crippen LogP contribution in [0.4, 0.5) is 5.69 Å². The Balaban J connectivity index is 1.59. The summed E-state index contributed by atoms with van der Waals surface area (Å²) in [6.07, 6.45) is 2.68. The van der Waals surface area contributed by atoms with Crippen LogP contribution in [0, 0.1) is 0 Å². The lowest BCUT2D eigenvalue weighted by Gasteiger charge is -2.28. The number of benzene rings is 2. The van der Waals surface area contributed by atoms with Crippen molar-refractivity contribution in [3.63, 3.8) is 0 Å². The van der Waals surface area contributed by atoms with E-state index in [1.54, 1.807) is 12.1 Å². The number of rotatable bonds is 8.